The van der Waals surface area contributed by atoms with Crippen LogP contribution >= 0.6 is 0 Å². The van der Waals surface area contributed by atoms with E-state index in [4.69, 9.17) is 5.73 Å². The molecule has 0 aromatic heterocycles. The third kappa shape index (κ3) is 5.16. The van der Waals surface area contributed by atoms with E-state index >= 15 is 0 Å². The smallest absolute Gasteiger partial charge is 0.307 e. The van der Waals surface area contributed by atoms with E-state index in [1.54, 1.807) is 19.9 Å². The van der Waals surface area contributed by atoms with E-state index in [0.29, 0.717) is 24.8 Å². The third-order valence-electron chi connectivity index (χ3n) is 6.63. The number of carboxylic acid groups (broad SMARTS) is 1. The summed E-state index contributed by atoms with van der Waals surface area (Å²) in [4.78, 5) is 50.3. The molecule has 176 valence electrons. The minimum absolute atomic E-state index is 0.298. The number of hydrogen-bond donors (Lipinski definition) is 4. The van der Waals surface area contributed by atoms with Crippen LogP contribution in [0.3, 0.4) is 0 Å². The van der Waals surface area contributed by atoms with E-state index < -0.39 is 47.1 Å². The number of primary amides is 1. The second kappa shape index (κ2) is 10.0. The van der Waals surface area contributed by atoms with Gasteiger partial charge < -0.3 is 21.5 Å². The summed E-state index contributed by atoms with van der Waals surface area (Å²) < 4.78 is 0. The van der Waals surface area contributed by atoms with Crippen LogP contribution in [0.15, 0.2) is 42.5 Å². The van der Waals surface area contributed by atoms with Crippen LogP contribution in [-0.2, 0) is 24.7 Å². The summed E-state index contributed by atoms with van der Waals surface area (Å²) in [6.07, 6.45) is 2.66. The first-order valence-corrected chi connectivity index (χ1v) is 11.3. The number of rotatable bonds is 8. The molecule has 8 nitrogen and oxygen atoms in total. The Kier molecular flexibility index (Phi) is 7.36. The minimum atomic E-state index is -1.54. The molecule has 33 heavy (non-hydrogen) atoms. The van der Waals surface area contributed by atoms with E-state index in [1.165, 1.54) is 0 Å². The summed E-state index contributed by atoms with van der Waals surface area (Å²) in [6.45, 7) is 3.29. The van der Waals surface area contributed by atoms with E-state index in [1.807, 2.05) is 36.4 Å². The van der Waals surface area contributed by atoms with Crippen molar-refractivity contribution in [2.24, 2.45) is 17.6 Å². The molecule has 3 amide bonds. The molecule has 8 heteroatoms. The van der Waals surface area contributed by atoms with Gasteiger partial charge in [0, 0.05) is 0 Å². The van der Waals surface area contributed by atoms with Crippen molar-refractivity contribution in [2.75, 3.05) is 0 Å². The summed E-state index contributed by atoms with van der Waals surface area (Å²) >= 11 is 0. The Bertz CT molecular complexity index is 1070. The molecule has 0 heterocycles. The molecule has 0 unspecified atom stereocenters. The van der Waals surface area contributed by atoms with Gasteiger partial charge in [-0.05, 0) is 48.6 Å². The van der Waals surface area contributed by atoms with Crippen LogP contribution in [0.5, 0.6) is 0 Å². The zero-order valence-corrected chi connectivity index (χ0v) is 19.0. The van der Waals surface area contributed by atoms with Gasteiger partial charge in [0.1, 0.15) is 11.6 Å². The average molecular weight is 454 g/mol. The number of aliphatic carboxylic acids is 1. The molecule has 5 N–H and O–H groups in total. The Labute approximate surface area is 192 Å². The fourth-order valence-electron chi connectivity index (χ4n) is 4.52. The molecule has 3 rings (SSSR count). The van der Waals surface area contributed by atoms with Gasteiger partial charge in [-0.1, -0.05) is 56.2 Å². The van der Waals surface area contributed by atoms with Crippen molar-refractivity contribution < 1.29 is 24.3 Å². The van der Waals surface area contributed by atoms with Crippen molar-refractivity contribution in [1.82, 2.24) is 10.6 Å². The first kappa shape index (κ1) is 24.2. The van der Waals surface area contributed by atoms with Gasteiger partial charge in [0.2, 0.25) is 11.8 Å². The summed E-state index contributed by atoms with van der Waals surface area (Å²) in [5, 5.41) is 16.9. The summed E-state index contributed by atoms with van der Waals surface area (Å²) in [5.41, 5.74) is 4.40. The number of carbonyl (C=O) groups is 4. The maximum absolute atomic E-state index is 13.5. The summed E-state index contributed by atoms with van der Waals surface area (Å²) in [5.74, 6) is -4.28. The number of amides is 3. The summed E-state index contributed by atoms with van der Waals surface area (Å²) in [6, 6.07) is 12.2. The van der Waals surface area contributed by atoms with Crippen LogP contribution in [0.4, 0.5) is 0 Å². The Morgan fingerprint density at radius 2 is 1.70 bits per heavy atom. The highest BCUT2D eigenvalue weighted by molar-refractivity contribution is 5.97. The van der Waals surface area contributed by atoms with Crippen molar-refractivity contribution in [3.8, 4) is 0 Å². The molecule has 1 fully saturated rings. The number of carboxylic acids is 1. The predicted molar refractivity (Wildman–Crippen MR) is 124 cm³/mol. The SMILES string of the molecule is CC[C@H](NC(=O)[C@@](C)(NC(=O)[C@@H]1CCCC[C@H]1C(=O)O)c1ccc2ccccc2c1)C(N)=O. The molecule has 4 atom stereocenters. The molecule has 0 radical (unpaired) electrons. The molecule has 1 aliphatic rings. The maximum Gasteiger partial charge on any atom is 0.307 e. The van der Waals surface area contributed by atoms with Gasteiger partial charge in [0.05, 0.1) is 11.8 Å². The number of hydrogen-bond acceptors (Lipinski definition) is 4. The Balaban J connectivity index is 2.00. The number of fused-ring (bicyclic) bond motifs is 1. The Hall–Kier alpha value is -3.42. The number of benzene rings is 2. The zero-order valence-electron chi connectivity index (χ0n) is 19.0. The predicted octanol–water partition coefficient (Wildman–Crippen LogP) is 2.44. The standard InChI is InChI=1S/C25H31N3O5/c1-3-20(21(26)29)27-24(33)25(2,17-13-12-15-8-4-5-9-16(15)14-17)28-22(30)18-10-6-7-11-19(18)23(31)32/h4-5,8-9,12-14,18-20H,3,6-7,10-11H2,1-2H3,(H2,26,29)(H,27,33)(H,28,30)(H,31,32)/t18-,19-,20+,25+/m1/s1. The number of carbonyl (C=O) groups excluding carboxylic acids is 3. The van der Waals surface area contributed by atoms with Crippen LogP contribution in [0, 0.1) is 11.8 Å². The minimum Gasteiger partial charge on any atom is -0.481 e. The van der Waals surface area contributed by atoms with E-state index in [2.05, 4.69) is 10.6 Å². The first-order valence-electron chi connectivity index (χ1n) is 11.3. The van der Waals surface area contributed by atoms with Crippen molar-refractivity contribution in [2.45, 2.75) is 57.5 Å². The second-order valence-corrected chi connectivity index (χ2v) is 8.85. The lowest BCUT2D eigenvalue weighted by atomic mass is 9.78. The highest BCUT2D eigenvalue weighted by atomic mass is 16.4. The van der Waals surface area contributed by atoms with Gasteiger partial charge in [-0.3, -0.25) is 19.2 Å². The maximum atomic E-state index is 13.5. The van der Waals surface area contributed by atoms with Crippen LogP contribution < -0.4 is 16.4 Å². The Morgan fingerprint density at radius 3 is 2.30 bits per heavy atom. The van der Waals surface area contributed by atoms with Gasteiger partial charge >= 0.3 is 5.97 Å². The van der Waals surface area contributed by atoms with Crippen molar-refractivity contribution in [3.63, 3.8) is 0 Å². The number of nitrogens with one attached hydrogen (secondary N) is 2. The van der Waals surface area contributed by atoms with Gasteiger partial charge in [-0.25, -0.2) is 0 Å². The number of nitrogens with two attached hydrogens (primary N) is 1. The van der Waals surface area contributed by atoms with Crippen molar-refractivity contribution in [3.05, 3.63) is 48.0 Å². The molecular weight excluding hydrogens is 422 g/mol. The van der Waals surface area contributed by atoms with Crippen LogP contribution in [0.1, 0.15) is 51.5 Å². The molecule has 0 aliphatic heterocycles. The molecule has 2 aromatic carbocycles. The molecule has 0 saturated heterocycles. The molecular formula is C25H31N3O5. The van der Waals surface area contributed by atoms with Gasteiger partial charge in [-0.15, -0.1) is 0 Å². The van der Waals surface area contributed by atoms with Gasteiger partial charge in [0.15, 0.2) is 0 Å². The van der Waals surface area contributed by atoms with Crippen molar-refractivity contribution >= 4 is 34.5 Å². The van der Waals surface area contributed by atoms with Crippen molar-refractivity contribution in [1.29, 1.82) is 0 Å². The topological polar surface area (TPSA) is 139 Å². The lowest BCUT2D eigenvalue weighted by Crippen LogP contribution is -2.59. The average Bonchev–Trinajstić information content (AvgIpc) is 2.81. The summed E-state index contributed by atoms with van der Waals surface area (Å²) in [7, 11) is 0. The molecule has 2 aromatic rings. The van der Waals surface area contributed by atoms with Crippen LogP contribution in [-0.4, -0.2) is 34.8 Å². The zero-order chi connectivity index (χ0) is 24.2. The molecule has 0 spiro atoms. The first-order chi connectivity index (χ1) is 15.7. The fraction of sp³-hybridized carbons (Fsp3) is 0.440. The quantitative estimate of drug-likeness (QED) is 0.486. The molecule has 0 bridgehead atoms. The van der Waals surface area contributed by atoms with Crippen LogP contribution in [0.2, 0.25) is 0 Å². The molecule has 1 saturated carbocycles. The monoisotopic (exact) mass is 453 g/mol. The highest BCUT2D eigenvalue weighted by Gasteiger charge is 2.43. The lowest BCUT2D eigenvalue weighted by molar-refractivity contribution is -0.150. The van der Waals surface area contributed by atoms with Gasteiger partial charge in [0.25, 0.3) is 5.91 Å². The Morgan fingerprint density at radius 1 is 1.06 bits per heavy atom. The molecule has 1 aliphatic carbocycles. The third-order valence-corrected chi connectivity index (χ3v) is 6.63. The second-order valence-electron chi connectivity index (χ2n) is 8.85. The van der Waals surface area contributed by atoms with Crippen LogP contribution in [0.25, 0.3) is 10.8 Å². The largest absolute Gasteiger partial charge is 0.481 e. The lowest BCUT2D eigenvalue weighted by Gasteiger charge is -2.35. The van der Waals surface area contributed by atoms with E-state index in [-0.39, 0.29) is 0 Å². The van der Waals surface area contributed by atoms with E-state index in [9.17, 15) is 24.3 Å². The normalized spacial score (nSPS) is 20.9. The van der Waals surface area contributed by atoms with E-state index in [0.717, 1.165) is 23.6 Å². The highest BCUT2D eigenvalue weighted by Crippen LogP contribution is 2.33. The van der Waals surface area contributed by atoms with Gasteiger partial charge in [-0.2, -0.15) is 0 Å². The fourth-order valence-corrected chi connectivity index (χ4v) is 4.52.